The van der Waals surface area contributed by atoms with E-state index in [1.807, 2.05) is 26.2 Å². The van der Waals surface area contributed by atoms with Crippen LogP contribution in [0.15, 0.2) is 47.6 Å². The van der Waals surface area contributed by atoms with E-state index in [4.69, 9.17) is 0 Å². The second-order valence-corrected chi connectivity index (χ2v) is 11.3. The summed E-state index contributed by atoms with van der Waals surface area (Å²) in [6, 6.07) is 15.7. The minimum absolute atomic E-state index is 0.0440. The Bertz CT molecular complexity index is 1300. The zero-order valence-corrected chi connectivity index (χ0v) is 22.2. The normalized spacial score (nSPS) is 20.3. The number of benzene rings is 2. The smallest absolute Gasteiger partial charge is 0.254 e. The predicted octanol–water partition coefficient (Wildman–Crippen LogP) is 5.60. The maximum absolute atomic E-state index is 12.8. The van der Waals surface area contributed by atoms with E-state index in [1.54, 1.807) is 11.8 Å². The molecule has 194 valence electrons. The Morgan fingerprint density at radius 2 is 1.84 bits per heavy atom. The minimum Gasteiger partial charge on any atom is -0.378 e. The fourth-order valence-electron chi connectivity index (χ4n) is 6.83. The summed E-state index contributed by atoms with van der Waals surface area (Å²) in [5, 5.41) is 5.70. The van der Waals surface area contributed by atoms with Crippen molar-refractivity contribution in [3.63, 3.8) is 0 Å². The average molecular weight is 498 g/mol. The predicted molar refractivity (Wildman–Crippen MR) is 152 cm³/mol. The molecule has 1 amide bonds. The van der Waals surface area contributed by atoms with Gasteiger partial charge in [0.05, 0.1) is 18.8 Å². The van der Waals surface area contributed by atoms with E-state index in [0.29, 0.717) is 12.6 Å². The summed E-state index contributed by atoms with van der Waals surface area (Å²) in [7, 11) is 4.04. The van der Waals surface area contributed by atoms with Crippen molar-refractivity contribution in [1.29, 1.82) is 0 Å². The highest BCUT2D eigenvalue weighted by atomic mass is 16.2. The number of rotatable bonds is 6. The highest BCUT2D eigenvalue weighted by molar-refractivity contribution is 5.87. The van der Waals surface area contributed by atoms with E-state index in [1.165, 1.54) is 60.7 Å². The number of fused-ring (bicyclic) bond motifs is 3. The summed E-state index contributed by atoms with van der Waals surface area (Å²) in [5.74, 6) is 0.686. The first-order valence-electron chi connectivity index (χ1n) is 14.1. The van der Waals surface area contributed by atoms with Crippen molar-refractivity contribution in [3.8, 4) is 0 Å². The monoisotopic (exact) mass is 497 g/mol. The van der Waals surface area contributed by atoms with Gasteiger partial charge in [0, 0.05) is 49.5 Å². The second kappa shape index (κ2) is 10.3. The number of carbonyl (C=O) groups is 1. The Morgan fingerprint density at radius 3 is 2.62 bits per heavy atom. The van der Waals surface area contributed by atoms with Crippen LogP contribution >= 0.6 is 0 Å². The van der Waals surface area contributed by atoms with Crippen molar-refractivity contribution >= 4 is 28.7 Å². The number of nitrogens with one attached hydrogen (secondary N) is 1. The number of amides is 1. The van der Waals surface area contributed by atoms with E-state index in [2.05, 4.69) is 55.2 Å². The molecule has 6 heteroatoms. The molecule has 6 nitrogen and oxygen atoms in total. The van der Waals surface area contributed by atoms with Crippen LogP contribution in [-0.4, -0.2) is 48.8 Å². The van der Waals surface area contributed by atoms with Gasteiger partial charge < -0.3 is 9.47 Å². The first-order valence-corrected chi connectivity index (χ1v) is 14.1. The molecular formula is C31H39N5O. The molecule has 0 saturated heterocycles. The molecule has 1 atom stereocenters. The zero-order chi connectivity index (χ0) is 25.4. The van der Waals surface area contributed by atoms with Crippen LogP contribution in [0.5, 0.6) is 0 Å². The van der Waals surface area contributed by atoms with Gasteiger partial charge in [0.1, 0.15) is 0 Å². The van der Waals surface area contributed by atoms with Crippen molar-refractivity contribution in [1.82, 2.24) is 14.9 Å². The minimum atomic E-state index is -0.0440. The molecule has 6 rings (SSSR count). The van der Waals surface area contributed by atoms with Gasteiger partial charge in [-0.3, -0.25) is 9.69 Å². The van der Waals surface area contributed by atoms with Gasteiger partial charge in [0.2, 0.25) is 0 Å². The number of aromatic nitrogens is 1. The lowest BCUT2D eigenvalue weighted by Crippen LogP contribution is -2.44. The number of hydrogen-bond acceptors (Lipinski definition) is 4. The van der Waals surface area contributed by atoms with Crippen molar-refractivity contribution in [2.75, 3.05) is 32.1 Å². The fourth-order valence-corrected chi connectivity index (χ4v) is 6.83. The van der Waals surface area contributed by atoms with Crippen LogP contribution in [0.3, 0.4) is 0 Å². The van der Waals surface area contributed by atoms with Crippen molar-refractivity contribution < 1.29 is 4.79 Å². The third-order valence-electron chi connectivity index (χ3n) is 8.74. The Labute approximate surface area is 220 Å². The highest BCUT2D eigenvalue weighted by Crippen LogP contribution is 2.44. The number of anilines is 1. The van der Waals surface area contributed by atoms with Crippen molar-refractivity contribution in [2.45, 2.75) is 69.9 Å². The summed E-state index contributed by atoms with van der Waals surface area (Å²) in [6.07, 6.45) is 12.0. The largest absolute Gasteiger partial charge is 0.378 e. The van der Waals surface area contributed by atoms with Crippen LogP contribution in [0.2, 0.25) is 0 Å². The summed E-state index contributed by atoms with van der Waals surface area (Å²) >= 11 is 0. The fraction of sp³-hybridized carbons (Fsp3) is 0.484. The molecule has 1 aromatic heterocycles. The van der Waals surface area contributed by atoms with Gasteiger partial charge in [0.15, 0.2) is 0 Å². The summed E-state index contributed by atoms with van der Waals surface area (Å²) in [5.41, 5.74) is 10.8. The molecule has 0 radical (unpaired) electrons. The Kier molecular flexibility index (Phi) is 6.76. The molecule has 3 aliphatic rings. The van der Waals surface area contributed by atoms with Crippen molar-refractivity contribution in [3.05, 3.63) is 64.8 Å². The molecule has 2 aromatic carbocycles. The lowest BCUT2D eigenvalue weighted by Gasteiger charge is -2.39. The molecule has 0 unspecified atom stereocenters. The zero-order valence-electron chi connectivity index (χ0n) is 22.2. The number of carbonyl (C=O) groups excluding carboxylic acids is 1. The van der Waals surface area contributed by atoms with Gasteiger partial charge in [-0.2, -0.15) is 5.10 Å². The first-order chi connectivity index (χ1) is 18.1. The van der Waals surface area contributed by atoms with Gasteiger partial charge in [0.25, 0.3) is 5.91 Å². The van der Waals surface area contributed by atoms with Gasteiger partial charge >= 0.3 is 0 Å². The molecule has 2 aliphatic carbocycles. The maximum Gasteiger partial charge on any atom is 0.254 e. The van der Waals surface area contributed by atoms with Crippen LogP contribution in [0.4, 0.5) is 5.69 Å². The Hall–Kier alpha value is -3.12. The molecule has 1 N–H and O–H groups in total. The topological polar surface area (TPSA) is 52.9 Å². The average Bonchev–Trinajstić information content (AvgIpc) is 3.25. The van der Waals surface area contributed by atoms with E-state index in [0.717, 1.165) is 43.1 Å². The molecule has 37 heavy (non-hydrogen) atoms. The van der Waals surface area contributed by atoms with Crippen LogP contribution in [0.25, 0.3) is 10.9 Å². The lowest BCUT2D eigenvalue weighted by atomic mass is 9.83. The first kappa shape index (κ1) is 24.2. The Balaban J connectivity index is 1.16. The SMILES string of the molecule is CN(C)c1ccc(/C=N\NC(=O)CN2CCn3c4c(c5cc(C6CCCCC6)ccc53)CCC[C@H]42)cc1. The molecule has 1 fully saturated rings. The number of hydrogen-bond donors (Lipinski definition) is 1. The Morgan fingerprint density at radius 1 is 1.03 bits per heavy atom. The molecule has 1 aliphatic heterocycles. The molecule has 0 bridgehead atoms. The summed E-state index contributed by atoms with van der Waals surface area (Å²) < 4.78 is 2.56. The van der Waals surface area contributed by atoms with E-state index < -0.39 is 0 Å². The van der Waals surface area contributed by atoms with E-state index in [-0.39, 0.29) is 5.91 Å². The van der Waals surface area contributed by atoms with Crippen LogP contribution in [0, 0.1) is 0 Å². The molecule has 3 aromatic rings. The van der Waals surface area contributed by atoms with Gasteiger partial charge in [-0.15, -0.1) is 0 Å². The molecular weight excluding hydrogens is 458 g/mol. The lowest BCUT2D eigenvalue weighted by molar-refractivity contribution is -0.123. The third-order valence-corrected chi connectivity index (χ3v) is 8.74. The maximum atomic E-state index is 12.8. The van der Waals surface area contributed by atoms with Gasteiger partial charge in [-0.05, 0) is 79.0 Å². The standard InChI is InChI=1S/C31H39N5O/c1-34(2)25-14-11-22(12-15-25)20-32-33-30(37)21-35-17-18-36-28-16-13-24(23-7-4-3-5-8-23)19-27(28)26-9-6-10-29(35)31(26)36/h11-16,19-20,23,29H,3-10,17-18,21H2,1-2H3,(H,33,37)/b32-20-/t29-/m1/s1. The second-order valence-electron chi connectivity index (χ2n) is 11.3. The quantitative estimate of drug-likeness (QED) is 0.356. The number of hydrazone groups is 1. The van der Waals surface area contributed by atoms with Gasteiger partial charge in [-0.25, -0.2) is 5.43 Å². The number of aryl methyl sites for hydroxylation is 1. The number of nitrogens with zero attached hydrogens (tertiary/aromatic N) is 4. The van der Waals surface area contributed by atoms with Crippen LogP contribution in [-0.2, 0) is 17.8 Å². The highest BCUT2D eigenvalue weighted by Gasteiger charge is 2.35. The van der Waals surface area contributed by atoms with E-state index in [9.17, 15) is 4.79 Å². The third kappa shape index (κ3) is 4.79. The molecule has 0 spiro atoms. The molecule has 2 heterocycles. The van der Waals surface area contributed by atoms with Gasteiger partial charge in [-0.1, -0.05) is 37.5 Å². The van der Waals surface area contributed by atoms with Crippen LogP contribution < -0.4 is 10.3 Å². The summed E-state index contributed by atoms with van der Waals surface area (Å²) in [6.45, 7) is 2.23. The molecule has 1 saturated carbocycles. The van der Waals surface area contributed by atoms with E-state index >= 15 is 0 Å². The van der Waals surface area contributed by atoms with Crippen molar-refractivity contribution in [2.24, 2.45) is 5.10 Å². The summed E-state index contributed by atoms with van der Waals surface area (Å²) in [4.78, 5) is 17.3. The van der Waals surface area contributed by atoms with Crippen LogP contribution in [0.1, 0.15) is 79.3 Å².